The van der Waals surface area contributed by atoms with E-state index in [0.29, 0.717) is 18.0 Å². The second kappa shape index (κ2) is 5.42. The summed E-state index contributed by atoms with van der Waals surface area (Å²) in [6, 6.07) is 1.10. The third kappa shape index (κ3) is 2.46. The van der Waals surface area contributed by atoms with Crippen LogP contribution < -0.4 is 9.64 Å². The molecule has 0 N–H and O–H groups in total. The van der Waals surface area contributed by atoms with E-state index < -0.39 is 0 Å². The predicted molar refractivity (Wildman–Crippen MR) is 78.6 cm³/mol. The van der Waals surface area contributed by atoms with E-state index in [9.17, 15) is 0 Å². The van der Waals surface area contributed by atoms with E-state index in [1.54, 1.807) is 19.5 Å². The molecule has 4 rings (SSSR count). The Kier molecular flexibility index (Phi) is 3.43. The molecule has 0 unspecified atom stereocenters. The van der Waals surface area contributed by atoms with Crippen LogP contribution in [-0.2, 0) is 4.74 Å². The number of rotatable bonds is 3. The fourth-order valence-corrected chi connectivity index (χ4v) is 3.63. The normalized spacial score (nSPS) is 30.0. The molecule has 1 saturated carbocycles. The fraction of sp³-hybridized carbons (Fsp3) is 0.733. The van der Waals surface area contributed by atoms with Crippen molar-refractivity contribution in [2.45, 2.75) is 24.9 Å². The summed E-state index contributed by atoms with van der Waals surface area (Å²) in [4.78, 5) is 13.7. The van der Waals surface area contributed by atoms with Crippen molar-refractivity contribution >= 4 is 5.82 Å². The van der Waals surface area contributed by atoms with E-state index in [1.807, 2.05) is 0 Å². The van der Waals surface area contributed by atoms with Crippen LogP contribution in [-0.4, -0.2) is 66.9 Å². The van der Waals surface area contributed by atoms with Crippen molar-refractivity contribution in [1.29, 1.82) is 0 Å². The summed E-state index contributed by atoms with van der Waals surface area (Å²) >= 11 is 0. The topological polar surface area (TPSA) is 50.7 Å². The van der Waals surface area contributed by atoms with Gasteiger partial charge in [-0.05, 0) is 18.8 Å². The lowest BCUT2D eigenvalue weighted by Gasteiger charge is -2.48. The molecule has 114 valence electrons. The molecule has 2 aliphatic heterocycles. The van der Waals surface area contributed by atoms with E-state index in [-0.39, 0.29) is 0 Å². The smallest absolute Gasteiger partial charge is 0.257 e. The second-order valence-electron chi connectivity index (χ2n) is 6.17. The molecule has 21 heavy (non-hydrogen) atoms. The Morgan fingerprint density at radius 1 is 1.19 bits per heavy atom. The average molecular weight is 290 g/mol. The molecular weight excluding hydrogens is 268 g/mol. The van der Waals surface area contributed by atoms with Crippen LogP contribution in [0.1, 0.15) is 12.8 Å². The quantitative estimate of drug-likeness (QED) is 0.820. The van der Waals surface area contributed by atoms with Gasteiger partial charge in [0.05, 0.1) is 26.4 Å². The molecule has 2 atom stereocenters. The van der Waals surface area contributed by atoms with Gasteiger partial charge in [0.25, 0.3) is 5.88 Å². The molecule has 0 radical (unpaired) electrons. The lowest BCUT2D eigenvalue weighted by molar-refractivity contribution is -0.0604. The Morgan fingerprint density at radius 2 is 2.05 bits per heavy atom. The summed E-state index contributed by atoms with van der Waals surface area (Å²) in [7, 11) is 1.65. The highest BCUT2D eigenvalue weighted by atomic mass is 16.5. The molecule has 3 heterocycles. The molecule has 1 aromatic heterocycles. The van der Waals surface area contributed by atoms with Crippen LogP contribution in [0, 0.1) is 5.92 Å². The molecule has 0 aromatic carbocycles. The second-order valence-corrected chi connectivity index (χ2v) is 6.17. The van der Waals surface area contributed by atoms with Gasteiger partial charge in [-0.3, -0.25) is 4.90 Å². The van der Waals surface area contributed by atoms with Crippen LogP contribution in [0.5, 0.6) is 5.88 Å². The zero-order chi connectivity index (χ0) is 14.2. The molecule has 6 nitrogen and oxygen atoms in total. The highest BCUT2D eigenvalue weighted by Gasteiger charge is 2.43. The highest BCUT2D eigenvalue weighted by molar-refractivity contribution is 5.48. The number of methoxy groups -OCH3 is 1. The first kappa shape index (κ1) is 13.3. The van der Waals surface area contributed by atoms with Crippen molar-refractivity contribution < 1.29 is 9.47 Å². The maximum absolute atomic E-state index is 5.86. The SMILES string of the molecule is COc1nccnc1N1CCN2[C@@H](COC[C@@H]2C2CC2)C1. The van der Waals surface area contributed by atoms with Crippen LogP contribution in [0.25, 0.3) is 0 Å². The van der Waals surface area contributed by atoms with Gasteiger partial charge < -0.3 is 14.4 Å². The van der Waals surface area contributed by atoms with Gasteiger partial charge in [-0.1, -0.05) is 0 Å². The average Bonchev–Trinajstić information content (AvgIpc) is 3.38. The molecule has 3 aliphatic rings. The third-order valence-electron chi connectivity index (χ3n) is 4.86. The number of anilines is 1. The van der Waals surface area contributed by atoms with E-state index in [0.717, 1.165) is 44.6 Å². The van der Waals surface area contributed by atoms with E-state index >= 15 is 0 Å². The molecule has 0 spiro atoms. The molecule has 6 heteroatoms. The summed E-state index contributed by atoms with van der Waals surface area (Å²) in [5.74, 6) is 2.33. The van der Waals surface area contributed by atoms with Crippen LogP contribution >= 0.6 is 0 Å². The first-order valence-electron chi connectivity index (χ1n) is 7.80. The van der Waals surface area contributed by atoms with Crippen molar-refractivity contribution in [3.8, 4) is 5.88 Å². The maximum atomic E-state index is 5.86. The minimum atomic E-state index is 0.463. The van der Waals surface area contributed by atoms with E-state index in [2.05, 4.69) is 19.8 Å². The lowest BCUT2D eigenvalue weighted by Crippen LogP contribution is -2.62. The zero-order valence-electron chi connectivity index (χ0n) is 12.4. The van der Waals surface area contributed by atoms with Crippen molar-refractivity contribution in [2.75, 3.05) is 44.9 Å². The number of hydrogen-bond acceptors (Lipinski definition) is 6. The largest absolute Gasteiger partial charge is 0.478 e. The number of hydrogen-bond donors (Lipinski definition) is 0. The van der Waals surface area contributed by atoms with Gasteiger partial charge in [0.2, 0.25) is 0 Å². The molecule has 0 bridgehead atoms. The third-order valence-corrected chi connectivity index (χ3v) is 4.86. The zero-order valence-corrected chi connectivity index (χ0v) is 12.4. The molecule has 3 fully saturated rings. The standard InChI is InChI=1S/C15H22N4O2/c1-20-15-14(16-4-5-17-15)18-6-7-19-12(8-18)9-21-10-13(19)11-2-3-11/h4-5,11-13H,2-3,6-10H2,1H3/t12-,13-/m1/s1. The van der Waals surface area contributed by atoms with Crippen molar-refractivity contribution in [3.05, 3.63) is 12.4 Å². The van der Waals surface area contributed by atoms with Gasteiger partial charge in [0.1, 0.15) is 0 Å². The molecule has 1 aliphatic carbocycles. The Labute approximate surface area is 125 Å². The molecular formula is C15H22N4O2. The Bertz CT molecular complexity index is 508. The Balaban J connectivity index is 1.51. The van der Waals surface area contributed by atoms with Gasteiger partial charge in [-0.2, -0.15) is 0 Å². The highest BCUT2D eigenvalue weighted by Crippen LogP contribution is 2.38. The van der Waals surface area contributed by atoms with Crippen LogP contribution in [0.2, 0.25) is 0 Å². The summed E-state index contributed by atoms with van der Waals surface area (Å²) in [6.45, 7) is 4.74. The van der Waals surface area contributed by atoms with Crippen molar-refractivity contribution in [2.24, 2.45) is 5.92 Å². The van der Waals surface area contributed by atoms with Crippen molar-refractivity contribution in [1.82, 2.24) is 14.9 Å². The van der Waals surface area contributed by atoms with Gasteiger partial charge in [-0.25, -0.2) is 9.97 Å². The molecule has 2 saturated heterocycles. The number of nitrogens with zero attached hydrogens (tertiary/aromatic N) is 4. The fourth-order valence-electron chi connectivity index (χ4n) is 3.63. The summed E-state index contributed by atoms with van der Waals surface area (Å²) in [5, 5.41) is 0. The Hall–Kier alpha value is -1.40. The first-order valence-corrected chi connectivity index (χ1v) is 7.80. The van der Waals surface area contributed by atoms with Gasteiger partial charge in [0.15, 0.2) is 5.82 Å². The summed E-state index contributed by atoms with van der Waals surface area (Å²) in [5.41, 5.74) is 0. The minimum Gasteiger partial charge on any atom is -0.478 e. The number of fused-ring (bicyclic) bond motifs is 1. The van der Waals surface area contributed by atoms with Crippen molar-refractivity contribution in [3.63, 3.8) is 0 Å². The monoisotopic (exact) mass is 290 g/mol. The number of ether oxygens (including phenoxy) is 2. The Morgan fingerprint density at radius 3 is 2.86 bits per heavy atom. The van der Waals surface area contributed by atoms with Gasteiger partial charge in [0, 0.05) is 38.1 Å². The van der Waals surface area contributed by atoms with Crippen LogP contribution in [0.3, 0.4) is 0 Å². The van der Waals surface area contributed by atoms with Gasteiger partial charge >= 0.3 is 0 Å². The number of morpholine rings is 1. The predicted octanol–water partition coefficient (Wildman–Crippen LogP) is 0.785. The van der Waals surface area contributed by atoms with E-state index in [1.165, 1.54) is 12.8 Å². The van der Waals surface area contributed by atoms with E-state index in [4.69, 9.17) is 9.47 Å². The van der Waals surface area contributed by atoms with Crippen LogP contribution in [0.4, 0.5) is 5.82 Å². The first-order chi connectivity index (χ1) is 10.4. The number of piperazine rings is 1. The summed E-state index contributed by atoms with van der Waals surface area (Å²) < 4.78 is 11.2. The number of aromatic nitrogens is 2. The van der Waals surface area contributed by atoms with Crippen LogP contribution in [0.15, 0.2) is 12.4 Å². The van der Waals surface area contributed by atoms with Gasteiger partial charge in [-0.15, -0.1) is 0 Å². The lowest BCUT2D eigenvalue weighted by atomic mass is 10.0. The molecule has 0 amide bonds. The minimum absolute atomic E-state index is 0.463. The maximum Gasteiger partial charge on any atom is 0.257 e. The molecule has 1 aromatic rings. The summed E-state index contributed by atoms with van der Waals surface area (Å²) in [6.07, 6.45) is 6.15.